The highest BCUT2D eigenvalue weighted by atomic mass is 16.7. The van der Waals surface area contributed by atoms with Gasteiger partial charge in [0.1, 0.15) is 0 Å². The minimum absolute atomic E-state index is 0.0324. The van der Waals surface area contributed by atoms with Crippen LogP contribution >= 0.6 is 0 Å². The van der Waals surface area contributed by atoms with Gasteiger partial charge >= 0.3 is 12.0 Å². The van der Waals surface area contributed by atoms with Gasteiger partial charge in [0.25, 0.3) is 0 Å². The molecular weight excluding hydrogens is 276 g/mol. The van der Waals surface area contributed by atoms with Crippen molar-refractivity contribution in [1.82, 2.24) is 4.90 Å². The first-order chi connectivity index (χ1) is 10.1. The lowest BCUT2D eigenvalue weighted by molar-refractivity contribution is -0.138. The lowest BCUT2D eigenvalue weighted by atomic mass is 10.1. The van der Waals surface area contributed by atoms with Crippen LogP contribution in [-0.2, 0) is 4.79 Å². The molecule has 1 aromatic rings. The molecule has 0 radical (unpaired) electrons. The molecule has 1 atom stereocenters. The van der Waals surface area contributed by atoms with E-state index in [2.05, 4.69) is 5.32 Å². The molecule has 1 aromatic carbocycles. The third kappa shape index (κ3) is 3.01. The van der Waals surface area contributed by atoms with Crippen molar-refractivity contribution in [3.63, 3.8) is 0 Å². The van der Waals surface area contributed by atoms with Gasteiger partial charge in [0.2, 0.25) is 6.79 Å². The number of benzene rings is 1. The van der Waals surface area contributed by atoms with Crippen LogP contribution in [0.4, 0.5) is 10.5 Å². The van der Waals surface area contributed by atoms with Crippen molar-refractivity contribution < 1.29 is 24.2 Å². The van der Waals surface area contributed by atoms with Crippen LogP contribution in [0, 0.1) is 5.92 Å². The molecule has 0 spiro atoms. The topological polar surface area (TPSA) is 88.1 Å². The van der Waals surface area contributed by atoms with Gasteiger partial charge in [-0.05, 0) is 24.5 Å². The number of hydrogen-bond acceptors (Lipinski definition) is 4. The molecule has 0 aliphatic carbocycles. The summed E-state index contributed by atoms with van der Waals surface area (Å²) >= 11 is 0. The molecule has 3 rings (SSSR count). The number of urea groups is 1. The van der Waals surface area contributed by atoms with Crippen LogP contribution in [0.15, 0.2) is 18.2 Å². The Morgan fingerprint density at radius 2 is 2.14 bits per heavy atom. The van der Waals surface area contributed by atoms with E-state index in [4.69, 9.17) is 14.6 Å². The van der Waals surface area contributed by atoms with Gasteiger partial charge in [-0.2, -0.15) is 0 Å². The maximum Gasteiger partial charge on any atom is 0.321 e. The molecule has 0 saturated carbocycles. The molecule has 0 aromatic heterocycles. The summed E-state index contributed by atoms with van der Waals surface area (Å²) in [5, 5.41) is 11.6. The van der Waals surface area contributed by atoms with Crippen molar-refractivity contribution in [3.8, 4) is 11.5 Å². The second kappa shape index (κ2) is 5.51. The highest BCUT2D eigenvalue weighted by Gasteiger charge is 2.28. The van der Waals surface area contributed by atoms with Crippen LogP contribution in [0.5, 0.6) is 11.5 Å². The second-order valence-corrected chi connectivity index (χ2v) is 5.20. The fourth-order valence-corrected chi connectivity index (χ4v) is 2.61. The predicted molar refractivity (Wildman–Crippen MR) is 73.5 cm³/mol. The zero-order valence-corrected chi connectivity index (χ0v) is 11.4. The number of likely N-dealkylation sites (tertiary alicyclic amines) is 1. The van der Waals surface area contributed by atoms with Crippen molar-refractivity contribution in [1.29, 1.82) is 0 Å². The maximum absolute atomic E-state index is 12.1. The Hall–Kier alpha value is -2.44. The molecule has 7 nitrogen and oxygen atoms in total. The number of hydrogen-bond donors (Lipinski definition) is 2. The second-order valence-electron chi connectivity index (χ2n) is 5.20. The summed E-state index contributed by atoms with van der Waals surface area (Å²) in [6.07, 6.45) is 0.828. The van der Waals surface area contributed by atoms with E-state index in [1.165, 1.54) is 0 Å². The Morgan fingerprint density at radius 1 is 1.33 bits per heavy atom. The van der Waals surface area contributed by atoms with E-state index >= 15 is 0 Å². The smallest absolute Gasteiger partial charge is 0.321 e. The number of amides is 2. The number of nitrogens with zero attached hydrogens (tertiary/aromatic N) is 1. The average Bonchev–Trinajstić information content (AvgIpc) is 3.06. The lowest BCUT2D eigenvalue weighted by Crippen LogP contribution is -2.33. The van der Waals surface area contributed by atoms with E-state index in [9.17, 15) is 9.59 Å². The average molecular weight is 292 g/mol. The molecule has 1 saturated heterocycles. The molecule has 1 fully saturated rings. The van der Waals surface area contributed by atoms with Crippen molar-refractivity contribution in [3.05, 3.63) is 18.2 Å². The van der Waals surface area contributed by atoms with Crippen LogP contribution < -0.4 is 14.8 Å². The first-order valence-corrected chi connectivity index (χ1v) is 6.79. The van der Waals surface area contributed by atoms with Crippen LogP contribution in [0.1, 0.15) is 12.8 Å². The number of anilines is 1. The summed E-state index contributed by atoms with van der Waals surface area (Å²) in [5.74, 6) is 0.483. The molecule has 2 aliphatic rings. The van der Waals surface area contributed by atoms with Gasteiger partial charge in [0.15, 0.2) is 11.5 Å². The standard InChI is InChI=1S/C14H16N2O5/c17-13(18)5-9-3-4-16(7-9)14(19)15-10-1-2-11-12(6-10)21-8-20-11/h1-2,6,9H,3-5,7-8H2,(H,15,19)(H,17,18). The Balaban J connectivity index is 1.58. The predicted octanol–water partition coefficient (Wildman–Crippen LogP) is 1.74. The highest BCUT2D eigenvalue weighted by Crippen LogP contribution is 2.34. The van der Waals surface area contributed by atoms with E-state index in [1.807, 2.05) is 0 Å². The molecular formula is C14H16N2O5. The van der Waals surface area contributed by atoms with E-state index in [1.54, 1.807) is 23.1 Å². The number of carboxylic acids is 1. The zero-order chi connectivity index (χ0) is 14.8. The monoisotopic (exact) mass is 292 g/mol. The number of rotatable bonds is 3. The number of fused-ring (bicyclic) bond motifs is 1. The molecule has 2 N–H and O–H groups in total. The first-order valence-electron chi connectivity index (χ1n) is 6.79. The normalized spacial score (nSPS) is 19.6. The zero-order valence-electron chi connectivity index (χ0n) is 11.4. The van der Waals surface area contributed by atoms with Gasteiger partial charge in [0.05, 0.1) is 0 Å². The quantitative estimate of drug-likeness (QED) is 0.886. The van der Waals surface area contributed by atoms with Crippen molar-refractivity contribution in [2.75, 3.05) is 25.2 Å². The van der Waals surface area contributed by atoms with Gasteiger partial charge in [-0.25, -0.2) is 4.79 Å². The summed E-state index contributed by atoms with van der Waals surface area (Å²) in [4.78, 5) is 24.5. The van der Waals surface area contributed by atoms with Crippen molar-refractivity contribution >= 4 is 17.7 Å². The Morgan fingerprint density at radius 3 is 2.95 bits per heavy atom. The van der Waals surface area contributed by atoms with Crippen molar-refractivity contribution in [2.45, 2.75) is 12.8 Å². The summed E-state index contributed by atoms with van der Waals surface area (Å²) < 4.78 is 10.5. The molecule has 7 heteroatoms. The third-order valence-electron chi connectivity index (χ3n) is 3.66. The van der Waals surface area contributed by atoms with E-state index in [-0.39, 0.29) is 25.2 Å². The third-order valence-corrected chi connectivity index (χ3v) is 3.66. The van der Waals surface area contributed by atoms with Gasteiger partial charge in [0, 0.05) is 31.3 Å². The molecule has 1 unspecified atom stereocenters. The first kappa shape index (κ1) is 13.5. The van der Waals surface area contributed by atoms with Gasteiger partial charge in [-0.3, -0.25) is 4.79 Å². The molecule has 21 heavy (non-hydrogen) atoms. The molecule has 2 aliphatic heterocycles. The summed E-state index contributed by atoms with van der Waals surface area (Å²) in [6.45, 7) is 1.24. The molecule has 0 bridgehead atoms. The SMILES string of the molecule is O=C(O)CC1CCN(C(=O)Nc2ccc3c(c2)OCO3)C1. The Kier molecular flexibility index (Phi) is 3.55. The van der Waals surface area contributed by atoms with E-state index in [0.29, 0.717) is 30.3 Å². The Labute approximate surface area is 121 Å². The minimum Gasteiger partial charge on any atom is -0.481 e. The molecule has 2 amide bonds. The fraction of sp³-hybridized carbons (Fsp3) is 0.429. The summed E-state index contributed by atoms with van der Waals surface area (Å²) in [7, 11) is 0. The molecule has 2 heterocycles. The maximum atomic E-state index is 12.1. The van der Waals surface area contributed by atoms with Crippen LogP contribution in [0.25, 0.3) is 0 Å². The largest absolute Gasteiger partial charge is 0.481 e. The van der Waals surface area contributed by atoms with Crippen molar-refractivity contribution in [2.24, 2.45) is 5.92 Å². The number of carbonyl (C=O) groups is 2. The van der Waals surface area contributed by atoms with Crippen LogP contribution in [0.2, 0.25) is 0 Å². The number of carbonyl (C=O) groups excluding carboxylic acids is 1. The fourth-order valence-electron chi connectivity index (χ4n) is 2.61. The molecule has 112 valence electrons. The lowest BCUT2D eigenvalue weighted by Gasteiger charge is -2.17. The summed E-state index contributed by atoms with van der Waals surface area (Å²) in [5.41, 5.74) is 0.630. The van der Waals surface area contributed by atoms with Crippen LogP contribution in [-0.4, -0.2) is 41.9 Å². The van der Waals surface area contributed by atoms with Gasteiger partial charge in [-0.1, -0.05) is 0 Å². The van der Waals surface area contributed by atoms with Crippen LogP contribution in [0.3, 0.4) is 0 Å². The van der Waals surface area contributed by atoms with Gasteiger partial charge in [-0.15, -0.1) is 0 Å². The minimum atomic E-state index is -0.821. The summed E-state index contributed by atoms with van der Waals surface area (Å²) in [6, 6.07) is 4.98. The number of aliphatic carboxylic acids is 1. The Bertz CT molecular complexity index is 574. The highest BCUT2D eigenvalue weighted by molar-refractivity contribution is 5.90. The number of carboxylic acid groups (broad SMARTS) is 1. The number of ether oxygens (including phenoxy) is 2. The van der Waals surface area contributed by atoms with E-state index < -0.39 is 5.97 Å². The van der Waals surface area contributed by atoms with Gasteiger partial charge < -0.3 is 24.8 Å². The van der Waals surface area contributed by atoms with E-state index in [0.717, 1.165) is 6.42 Å². The number of nitrogens with one attached hydrogen (secondary N) is 1.